The summed E-state index contributed by atoms with van der Waals surface area (Å²) in [6.07, 6.45) is 6.85. The summed E-state index contributed by atoms with van der Waals surface area (Å²) < 4.78 is 5.79. The minimum Gasteiger partial charge on any atom is -0.485 e. The van der Waals surface area contributed by atoms with Gasteiger partial charge in [-0.3, -0.25) is 14.6 Å². The molecule has 7 nitrogen and oxygen atoms in total. The molecule has 0 saturated heterocycles. The van der Waals surface area contributed by atoms with Gasteiger partial charge in [-0.2, -0.15) is 0 Å². The van der Waals surface area contributed by atoms with Gasteiger partial charge in [0.25, 0.3) is 5.91 Å². The van der Waals surface area contributed by atoms with Crippen molar-refractivity contribution in [2.24, 2.45) is 5.92 Å². The van der Waals surface area contributed by atoms with Gasteiger partial charge in [0.2, 0.25) is 5.91 Å². The molecule has 0 atom stereocenters. The van der Waals surface area contributed by atoms with Crippen LogP contribution in [0.2, 0.25) is 0 Å². The molecule has 0 bridgehead atoms. The van der Waals surface area contributed by atoms with Gasteiger partial charge in [-0.1, -0.05) is 0 Å². The second-order valence-electron chi connectivity index (χ2n) is 6.38. The predicted octanol–water partition coefficient (Wildman–Crippen LogP) is 3.72. The maximum absolute atomic E-state index is 12.6. The Balaban J connectivity index is 1.40. The fourth-order valence-electron chi connectivity index (χ4n) is 2.51. The number of pyridine rings is 2. The van der Waals surface area contributed by atoms with E-state index in [4.69, 9.17) is 4.74 Å². The Morgan fingerprint density at radius 1 is 1.07 bits per heavy atom. The summed E-state index contributed by atoms with van der Waals surface area (Å²) >= 11 is 1.23. The van der Waals surface area contributed by atoms with Crippen LogP contribution < -0.4 is 15.4 Å². The normalized spacial score (nSPS) is 13.0. The molecule has 0 spiro atoms. The van der Waals surface area contributed by atoms with E-state index in [-0.39, 0.29) is 17.7 Å². The maximum atomic E-state index is 12.6. The van der Waals surface area contributed by atoms with Gasteiger partial charge in [0, 0.05) is 24.5 Å². The highest BCUT2D eigenvalue weighted by molar-refractivity contribution is 7.18. The van der Waals surface area contributed by atoms with Gasteiger partial charge in [0.1, 0.15) is 6.61 Å². The molecule has 0 aromatic carbocycles. The van der Waals surface area contributed by atoms with E-state index in [1.54, 1.807) is 42.9 Å². The molecule has 0 aliphatic heterocycles. The molecule has 0 unspecified atom stereocenters. The summed E-state index contributed by atoms with van der Waals surface area (Å²) in [5.41, 5.74) is 0.963. The first-order valence-corrected chi connectivity index (χ1v) is 9.69. The monoisotopic (exact) mass is 394 g/mol. The Hall–Kier alpha value is -3.26. The Kier molecular flexibility index (Phi) is 5.29. The van der Waals surface area contributed by atoms with Gasteiger partial charge in [-0.05, 0) is 54.8 Å². The van der Waals surface area contributed by atoms with Crippen LogP contribution in [0.25, 0.3) is 0 Å². The zero-order valence-corrected chi connectivity index (χ0v) is 15.7. The largest absolute Gasteiger partial charge is 0.485 e. The van der Waals surface area contributed by atoms with Crippen LogP contribution in [0.1, 0.15) is 28.1 Å². The van der Waals surface area contributed by atoms with Crippen molar-refractivity contribution in [3.8, 4) is 5.75 Å². The lowest BCUT2D eigenvalue weighted by molar-refractivity contribution is -0.117. The van der Waals surface area contributed by atoms with E-state index >= 15 is 0 Å². The number of ether oxygens (including phenoxy) is 1. The molecule has 4 rings (SSSR count). The van der Waals surface area contributed by atoms with Crippen LogP contribution in [0.3, 0.4) is 0 Å². The van der Waals surface area contributed by atoms with Crippen molar-refractivity contribution in [2.45, 2.75) is 19.4 Å². The average Bonchev–Trinajstić information content (AvgIpc) is 3.47. The lowest BCUT2D eigenvalue weighted by Gasteiger charge is -2.11. The standard InChI is InChI=1S/C20H18N4O3S/c25-19(14-3-4-14)23-17-6-5-16(28-17)20(26)24-18-15(2-1-9-22-18)27-12-13-7-10-21-11-8-13/h1-2,5-11,14H,3-4,12H2,(H,23,25)(H,22,24,26). The van der Waals surface area contributed by atoms with E-state index in [1.165, 1.54) is 11.3 Å². The van der Waals surface area contributed by atoms with Crippen LogP contribution in [-0.4, -0.2) is 21.8 Å². The topological polar surface area (TPSA) is 93.2 Å². The lowest BCUT2D eigenvalue weighted by Crippen LogP contribution is -2.13. The number of aromatic nitrogens is 2. The second kappa shape index (κ2) is 8.18. The van der Waals surface area contributed by atoms with Crippen molar-refractivity contribution in [2.75, 3.05) is 10.6 Å². The quantitative estimate of drug-likeness (QED) is 0.637. The number of carbonyl (C=O) groups is 2. The molecule has 28 heavy (non-hydrogen) atoms. The third-order valence-corrected chi connectivity index (χ3v) is 5.17. The lowest BCUT2D eigenvalue weighted by atomic mass is 10.3. The van der Waals surface area contributed by atoms with Crippen molar-refractivity contribution in [3.05, 3.63) is 65.4 Å². The van der Waals surface area contributed by atoms with E-state index in [9.17, 15) is 9.59 Å². The van der Waals surface area contributed by atoms with E-state index in [0.717, 1.165) is 18.4 Å². The molecule has 2 N–H and O–H groups in total. The summed E-state index contributed by atoms with van der Waals surface area (Å²) in [6.45, 7) is 0.341. The fraction of sp³-hybridized carbons (Fsp3) is 0.200. The number of thiophene rings is 1. The minimum atomic E-state index is -0.301. The highest BCUT2D eigenvalue weighted by Crippen LogP contribution is 2.32. The van der Waals surface area contributed by atoms with Crippen molar-refractivity contribution in [1.29, 1.82) is 0 Å². The molecule has 3 heterocycles. The summed E-state index contributed by atoms with van der Waals surface area (Å²) in [6, 6.07) is 10.6. The van der Waals surface area contributed by atoms with Crippen LogP contribution in [0.4, 0.5) is 10.8 Å². The summed E-state index contributed by atoms with van der Waals surface area (Å²) in [4.78, 5) is 33.1. The zero-order chi connectivity index (χ0) is 19.3. The Morgan fingerprint density at radius 2 is 1.89 bits per heavy atom. The van der Waals surface area contributed by atoms with Crippen molar-refractivity contribution >= 4 is 34.0 Å². The molecule has 3 aromatic rings. The minimum absolute atomic E-state index is 0.0188. The molecule has 3 aromatic heterocycles. The van der Waals surface area contributed by atoms with Crippen LogP contribution >= 0.6 is 11.3 Å². The van der Waals surface area contributed by atoms with Crippen LogP contribution in [0, 0.1) is 5.92 Å². The molecule has 1 aliphatic carbocycles. The Morgan fingerprint density at radius 3 is 2.68 bits per heavy atom. The van der Waals surface area contributed by atoms with Crippen molar-refractivity contribution < 1.29 is 14.3 Å². The number of nitrogens with one attached hydrogen (secondary N) is 2. The molecular formula is C20H18N4O3S. The smallest absolute Gasteiger partial charge is 0.267 e. The zero-order valence-electron chi connectivity index (χ0n) is 14.9. The van der Waals surface area contributed by atoms with E-state index in [2.05, 4.69) is 20.6 Å². The molecule has 0 radical (unpaired) electrons. The summed E-state index contributed by atoms with van der Waals surface area (Å²) in [5, 5.41) is 6.29. The van der Waals surface area contributed by atoms with Gasteiger partial charge in [0.05, 0.1) is 9.88 Å². The van der Waals surface area contributed by atoms with E-state index in [0.29, 0.717) is 28.1 Å². The Labute approximate surface area is 165 Å². The third kappa shape index (κ3) is 4.52. The van der Waals surface area contributed by atoms with E-state index < -0.39 is 0 Å². The first kappa shape index (κ1) is 18.1. The number of carbonyl (C=O) groups excluding carboxylic acids is 2. The van der Waals surface area contributed by atoms with Crippen LogP contribution in [0.5, 0.6) is 5.75 Å². The van der Waals surface area contributed by atoms with Crippen molar-refractivity contribution in [1.82, 2.24) is 9.97 Å². The van der Waals surface area contributed by atoms with Crippen LogP contribution in [0.15, 0.2) is 55.0 Å². The number of hydrogen-bond acceptors (Lipinski definition) is 6. The Bertz CT molecular complexity index is 986. The molecule has 1 aliphatic rings. The number of rotatable bonds is 7. The number of amides is 2. The predicted molar refractivity (Wildman–Crippen MR) is 106 cm³/mol. The van der Waals surface area contributed by atoms with Crippen molar-refractivity contribution in [3.63, 3.8) is 0 Å². The fourth-order valence-corrected chi connectivity index (χ4v) is 3.31. The molecule has 1 fully saturated rings. The summed E-state index contributed by atoms with van der Waals surface area (Å²) in [7, 11) is 0. The molecular weight excluding hydrogens is 376 g/mol. The highest BCUT2D eigenvalue weighted by atomic mass is 32.1. The first-order valence-electron chi connectivity index (χ1n) is 8.88. The molecule has 142 valence electrons. The SMILES string of the molecule is O=C(Nc1ncccc1OCc1ccncc1)c1ccc(NC(=O)C2CC2)s1. The van der Waals surface area contributed by atoms with Gasteiger partial charge in [-0.15, -0.1) is 11.3 Å². The molecule has 8 heteroatoms. The molecule has 2 amide bonds. The van der Waals surface area contributed by atoms with Crippen LogP contribution in [-0.2, 0) is 11.4 Å². The van der Waals surface area contributed by atoms with Gasteiger partial charge in [-0.25, -0.2) is 4.98 Å². The highest BCUT2D eigenvalue weighted by Gasteiger charge is 2.29. The molecule has 1 saturated carbocycles. The van der Waals surface area contributed by atoms with Gasteiger partial charge < -0.3 is 15.4 Å². The summed E-state index contributed by atoms with van der Waals surface area (Å²) in [5.74, 6) is 0.660. The maximum Gasteiger partial charge on any atom is 0.267 e. The number of hydrogen-bond donors (Lipinski definition) is 2. The second-order valence-corrected chi connectivity index (χ2v) is 7.46. The number of anilines is 2. The van der Waals surface area contributed by atoms with Gasteiger partial charge >= 0.3 is 0 Å². The van der Waals surface area contributed by atoms with Gasteiger partial charge in [0.15, 0.2) is 11.6 Å². The number of nitrogens with zero attached hydrogens (tertiary/aromatic N) is 2. The first-order chi connectivity index (χ1) is 13.7. The third-order valence-electron chi connectivity index (χ3n) is 4.17. The average molecular weight is 394 g/mol. The van der Waals surface area contributed by atoms with E-state index in [1.807, 2.05) is 12.1 Å².